The van der Waals surface area contributed by atoms with Crippen LogP contribution >= 0.6 is 0 Å². The van der Waals surface area contributed by atoms with E-state index in [0.717, 1.165) is 52.2 Å². The van der Waals surface area contributed by atoms with Crippen molar-refractivity contribution in [1.82, 2.24) is 15.0 Å². The summed E-state index contributed by atoms with van der Waals surface area (Å²) < 4.78 is 11.0. The van der Waals surface area contributed by atoms with Gasteiger partial charge in [-0.25, -0.2) is 9.97 Å². The maximum atomic E-state index is 5.54. The van der Waals surface area contributed by atoms with Crippen molar-refractivity contribution in [2.45, 2.75) is 26.3 Å². The number of fused-ring (bicyclic) bond motifs is 4. The van der Waals surface area contributed by atoms with E-state index in [2.05, 4.69) is 64.0 Å². The summed E-state index contributed by atoms with van der Waals surface area (Å²) in [5, 5.41) is 1.14. The zero-order chi connectivity index (χ0) is 20.1. The van der Waals surface area contributed by atoms with Crippen LogP contribution < -0.4 is 14.4 Å². The Morgan fingerprint density at radius 2 is 1.86 bits per heavy atom. The number of rotatable bonds is 3. The number of H-pyrrole nitrogens is 1. The molecule has 4 aromatic rings. The summed E-state index contributed by atoms with van der Waals surface area (Å²) in [4.78, 5) is 15.1. The van der Waals surface area contributed by atoms with Crippen molar-refractivity contribution >= 4 is 27.8 Å². The molecule has 0 unspecified atom stereocenters. The summed E-state index contributed by atoms with van der Waals surface area (Å²) in [6.45, 7) is 5.19. The lowest BCUT2D eigenvalue weighted by atomic mass is 9.92. The largest absolute Gasteiger partial charge is 0.493 e. The van der Waals surface area contributed by atoms with Crippen molar-refractivity contribution in [2.24, 2.45) is 0 Å². The number of benzene rings is 2. The molecule has 1 N–H and O–H groups in total. The average molecular weight is 388 g/mol. The first-order valence-electron chi connectivity index (χ1n) is 9.85. The minimum Gasteiger partial charge on any atom is -0.493 e. The fourth-order valence-corrected chi connectivity index (χ4v) is 4.45. The Kier molecular flexibility index (Phi) is 4.08. The van der Waals surface area contributed by atoms with Gasteiger partial charge in [0.25, 0.3) is 0 Å². The van der Waals surface area contributed by atoms with Gasteiger partial charge in [-0.1, -0.05) is 11.6 Å². The van der Waals surface area contributed by atoms with Gasteiger partial charge in [-0.2, -0.15) is 0 Å². The third-order valence-electron chi connectivity index (χ3n) is 5.97. The number of methoxy groups -OCH3 is 2. The summed E-state index contributed by atoms with van der Waals surface area (Å²) in [5.74, 6) is 2.48. The number of nitrogens with zero attached hydrogens (tertiary/aromatic N) is 3. The molecule has 0 bridgehead atoms. The highest BCUT2D eigenvalue weighted by Crippen LogP contribution is 2.41. The van der Waals surface area contributed by atoms with E-state index in [1.54, 1.807) is 20.5 Å². The first-order valence-corrected chi connectivity index (χ1v) is 9.85. The molecule has 1 aliphatic heterocycles. The highest BCUT2D eigenvalue weighted by molar-refractivity contribution is 6.08. The highest BCUT2D eigenvalue weighted by atomic mass is 16.5. The van der Waals surface area contributed by atoms with Crippen molar-refractivity contribution in [3.8, 4) is 11.5 Å². The van der Waals surface area contributed by atoms with E-state index in [0.29, 0.717) is 0 Å². The van der Waals surface area contributed by atoms with E-state index in [1.165, 1.54) is 16.7 Å². The molecule has 6 nitrogen and oxygen atoms in total. The molecule has 3 heterocycles. The summed E-state index contributed by atoms with van der Waals surface area (Å²) in [6.07, 6.45) is 2.59. The monoisotopic (exact) mass is 388 g/mol. The second kappa shape index (κ2) is 6.65. The molecule has 0 fully saturated rings. The van der Waals surface area contributed by atoms with Crippen LogP contribution in [0, 0.1) is 6.92 Å². The minimum atomic E-state index is 0.157. The standard InChI is InChI=1S/C23H24N4O2/c1-13-5-6-18-17(9-13)21-22(26-18)23(25-12-24-21)27-8-7-15-10-19(28-3)20(29-4)11-16(15)14(27)2/h5-6,9-12,14,26H,7-8H2,1-4H3/t14-/m1/s1. The molecule has 0 amide bonds. The van der Waals surface area contributed by atoms with Crippen LogP contribution in [0.25, 0.3) is 21.9 Å². The van der Waals surface area contributed by atoms with Gasteiger partial charge in [0.15, 0.2) is 17.3 Å². The molecule has 6 heteroatoms. The Labute approximate surface area is 169 Å². The van der Waals surface area contributed by atoms with Gasteiger partial charge >= 0.3 is 0 Å². The van der Waals surface area contributed by atoms with Gasteiger partial charge in [0.1, 0.15) is 17.4 Å². The molecule has 148 valence electrons. The predicted octanol–water partition coefficient (Wildman–Crippen LogP) is 4.56. The number of nitrogens with one attached hydrogen (secondary N) is 1. The normalized spacial score (nSPS) is 16.3. The fourth-order valence-electron chi connectivity index (χ4n) is 4.45. The lowest BCUT2D eigenvalue weighted by Gasteiger charge is -2.36. The van der Waals surface area contributed by atoms with E-state index in [1.807, 2.05) is 0 Å². The van der Waals surface area contributed by atoms with Crippen LogP contribution in [0.4, 0.5) is 5.82 Å². The Morgan fingerprint density at radius 1 is 1.07 bits per heavy atom. The van der Waals surface area contributed by atoms with Crippen LogP contribution in [-0.4, -0.2) is 35.7 Å². The second-order valence-electron chi connectivity index (χ2n) is 7.62. The molecule has 0 saturated heterocycles. The number of aromatic nitrogens is 3. The molecular weight excluding hydrogens is 364 g/mol. The minimum absolute atomic E-state index is 0.157. The SMILES string of the molecule is COc1cc2c(cc1OC)[C@@H](C)N(c1ncnc3c1[nH]c1ccc(C)cc13)CC2. The van der Waals surface area contributed by atoms with Gasteiger partial charge in [-0.05, 0) is 55.7 Å². The average Bonchev–Trinajstić information content (AvgIpc) is 3.11. The van der Waals surface area contributed by atoms with Gasteiger partial charge in [0.2, 0.25) is 0 Å². The molecule has 0 radical (unpaired) electrons. The third-order valence-corrected chi connectivity index (χ3v) is 5.97. The van der Waals surface area contributed by atoms with E-state index in [9.17, 15) is 0 Å². The Morgan fingerprint density at radius 3 is 2.66 bits per heavy atom. The molecular formula is C23H24N4O2. The van der Waals surface area contributed by atoms with Gasteiger partial charge < -0.3 is 19.4 Å². The van der Waals surface area contributed by atoms with Crippen molar-refractivity contribution in [2.75, 3.05) is 25.7 Å². The van der Waals surface area contributed by atoms with Gasteiger partial charge in [0.05, 0.1) is 20.3 Å². The summed E-state index contributed by atoms with van der Waals surface area (Å²) in [7, 11) is 3.36. The molecule has 2 aromatic heterocycles. The summed E-state index contributed by atoms with van der Waals surface area (Å²) in [6, 6.07) is 10.8. The van der Waals surface area contributed by atoms with Gasteiger partial charge in [0, 0.05) is 17.4 Å². The predicted molar refractivity (Wildman–Crippen MR) is 115 cm³/mol. The Bertz CT molecular complexity index is 1230. The van der Waals surface area contributed by atoms with Crippen molar-refractivity contribution in [3.63, 3.8) is 0 Å². The highest BCUT2D eigenvalue weighted by Gasteiger charge is 2.28. The van der Waals surface area contributed by atoms with Crippen molar-refractivity contribution < 1.29 is 9.47 Å². The fraction of sp³-hybridized carbons (Fsp3) is 0.304. The van der Waals surface area contributed by atoms with E-state index < -0.39 is 0 Å². The van der Waals surface area contributed by atoms with Crippen molar-refractivity contribution in [1.29, 1.82) is 0 Å². The first-order chi connectivity index (χ1) is 14.1. The zero-order valence-electron chi connectivity index (χ0n) is 17.1. The zero-order valence-corrected chi connectivity index (χ0v) is 17.1. The number of hydrogen-bond acceptors (Lipinski definition) is 5. The molecule has 0 spiro atoms. The quantitative estimate of drug-likeness (QED) is 0.557. The smallest absolute Gasteiger partial charge is 0.161 e. The summed E-state index contributed by atoms with van der Waals surface area (Å²) in [5.41, 5.74) is 6.81. The number of hydrogen-bond donors (Lipinski definition) is 1. The molecule has 0 aliphatic carbocycles. The Hall–Kier alpha value is -3.28. The summed E-state index contributed by atoms with van der Waals surface area (Å²) >= 11 is 0. The van der Waals surface area contributed by atoms with Crippen LogP contribution in [0.15, 0.2) is 36.7 Å². The molecule has 1 aliphatic rings. The number of ether oxygens (including phenoxy) is 2. The Balaban J connectivity index is 1.64. The van der Waals surface area contributed by atoms with Crippen LogP contribution in [0.3, 0.4) is 0 Å². The van der Waals surface area contributed by atoms with E-state index in [-0.39, 0.29) is 6.04 Å². The lowest BCUT2D eigenvalue weighted by molar-refractivity contribution is 0.353. The molecule has 29 heavy (non-hydrogen) atoms. The van der Waals surface area contributed by atoms with Crippen LogP contribution in [0.5, 0.6) is 11.5 Å². The van der Waals surface area contributed by atoms with E-state index in [4.69, 9.17) is 9.47 Å². The topological polar surface area (TPSA) is 63.3 Å². The molecule has 5 rings (SSSR count). The third kappa shape index (κ3) is 2.70. The maximum Gasteiger partial charge on any atom is 0.161 e. The van der Waals surface area contributed by atoms with E-state index >= 15 is 0 Å². The van der Waals surface area contributed by atoms with Gasteiger partial charge in [-0.15, -0.1) is 0 Å². The number of aromatic amines is 1. The van der Waals surface area contributed by atoms with Crippen LogP contribution in [0.2, 0.25) is 0 Å². The van der Waals surface area contributed by atoms with Gasteiger partial charge in [-0.3, -0.25) is 0 Å². The molecule has 0 saturated carbocycles. The van der Waals surface area contributed by atoms with Crippen LogP contribution in [0.1, 0.15) is 29.7 Å². The number of aryl methyl sites for hydroxylation is 1. The number of anilines is 1. The maximum absolute atomic E-state index is 5.54. The molecule has 1 atom stereocenters. The first kappa shape index (κ1) is 17.8. The second-order valence-corrected chi connectivity index (χ2v) is 7.62. The van der Waals surface area contributed by atoms with Crippen LogP contribution in [-0.2, 0) is 6.42 Å². The molecule has 2 aromatic carbocycles. The van der Waals surface area contributed by atoms with Crippen molar-refractivity contribution in [3.05, 3.63) is 53.3 Å². The lowest BCUT2D eigenvalue weighted by Crippen LogP contribution is -2.34.